The van der Waals surface area contributed by atoms with Gasteiger partial charge in [-0.3, -0.25) is 0 Å². The summed E-state index contributed by atoms with van der Waals surface area (Å²) >= 11 is 1.98. The number of rotatable bonds is 1. The van der Waals surface area contributed by atoms with E-state index in [9.17, 15) is 0 Å². The van der Waals surface area contributed by atoms with Crippen molar-refractivity contribution < 1.29 is 0 Å². The molecule has 0 saturated carbocycles. The van der Waals surface area contributed by atoms with Gasteiger partial charge in [-0.25, -0.2) is 0 Å². The zero-order valence-corrected chi connectivity index (χ0v) is 11.6. The van der Waals surface area contributed by atoms with Crippen LogP contribution in [0.5, 0.6) is 0 Å². The zero-order chi connectivity index (χ0) is 12.0. The van der Waals surface area contributed by atoms with Crippen LogP contribution < -0.4 is 0 Å². The molecule has 0 aromatic carbocycles. The highest BCUT2D eigenvalue weighted by atomic mass is 32.2. The molecule has 0 amide bonds. The maximum atomic E-state index is 2.36. The van der Waals surface area contributed by atoms with E-state index < -0.39 is 0 Å². The molecule has 0 nitrogen and oxygen atoms in total. The van der Waals surface area contributed by atoms with Gasteiger partial charge < -0.3 is 0 Å². The van der Waals surface area contributed by atoms with E-state index >= 15 is 0 Å². The maximum Gasteiger partial charge on any atom is 0.0194 e. The van der Waals surface area contributed by atoms with Crippen LogP contribution in [0.4, 0.5) is 0 Å². The third kappa shape index (κ3) is 3.41. The third-order valence-corrected chi connectivity index (χ3v) is 3.81. The smallest absolute Gasteiger partial charge is 0.0194 e. The Morgan fingerprint density at radius 3 is 2.81 bits per heavy atom. The van der Waals surface area contributed by atoms with E-state index in [1.54, 1.807) is 5.57 Å². The molecule has 0 aromatic heterocycles. The van der Waals surface area contributed by atoms with Crippen molar-refractivity contribution in [2.75, 3.05) is 5.75 Å². The van der Waals surface area contributed by atoms with Gasteiger partial charge in [0.25, 0.3) is 0 Å². The van der Waals surface area contributed by atoms with Crippen LogP contribution in [0.25, 0.3) is 0 Å². The number of hydrogen-bond acceptors (Lipinski definition) is 1. The fourth-order valence-electron chi connectivity index (χ4n) is 1.69. The lowest BCUT2D eigenvalue weighted by molar-refractivity contribution is 0.939. The summed E-state index contributed by atoms with van der Waals surface area (Å²) in [5, 5.41) is 0. The molecule has 2 aliphatic rings. The van der Waals surface area contributed by atoms with Crippen LogP contribution in [0.3, 0.4) is 0 Å². The van der Waals surface area contributed by atoms with Crippen LogP contribution >= 0.6 is 11.8 Å². The molecule has 1 heterocycles. The summed E-state index contributed by atoms with van der Waals surface area (Å²) in [5.41, 5.74) is 2.96. The van der Waals surface area contributed by atoms with Gasteiger partial charge in [0, 0.05) is 10.7 Å². The SMILES string of the molecule is CC.CCC1=CC2=CC=CC(C)C=C2SC1. The van der Waals surface area contributed by atoms with Gasteiger partial charge >= 0.3 is 0 Å². The van der Waals surface area contributed by atoms with Crippen molar-refractivity contribution in [2.24, 2.45) is 5.92 Å². The first-order valence-electron chi connectivity index (χ1n) is 6.22. The van der Waals surface area contributed by atoms with Crippen LogP contribution in [0.2, 0.25) is 0 Å². The Bertz CT molecular complexity index is 342. The maximum absolute atomic E-state index is 2.36. The average Bonchev–Trinajstić information content (AvgIpc) is 2.51. The molecule has 1 unspecified atom stereocenters. The molecule has 1 aliphatic carbocycles. The van der Waals surface area contributed by atoms with E-state index in [1.165, 1.54) is 22.7 Å². The first-order chi connectivity index (χ1) is 7.79. The largest absolute Gasteiger partial charge is 0.121 e. The zero-order valence-electron chi connectivity index (χ0n) is 10.8. The number of allylic oxidation sites excluding steroid dienone is 6. The van der Waals surface area contributed by atoms with Crippen LogP contribution in [0.1, 0.15) is 34.1 Å². The van der Waals surface area contributed by atoms with Crippen molar-refractivity contribution in [3.8, 4) is 0 Å². The topological polar surface area (TPSA) is 0 Å². The second kappa shape index (κ2) is 6.80. The Morgan fingerprint density at radius 2 is 2.12 bits per heavy atom. The number of fused-ring (bicyclic) bond motifs is 1. The van der Waals surface area contributed by atoms with Crippen LogP contribution in [-0.4, -0.2) is 5.75 Å². The molecule has 0 fully saturated rings. The predicted octanol–water partition coefficient (Wildman–Crippen LogP) is 5.11. The van der Waals surface area contributed by atoms with E-state index in [1.807, 2.05) is 25.6 Å². The van der Waals surface area contributed by atoms with Gasteiger partial charge in [-0.15, -0.1) is 11.8 Å². The van der Waals surface area contributed by atoms with Gasteiger partial charge in [0.1, 0.15) is 0 Å². The van der Waals surface area contributed by atoms with Crippen LogP contribution in [-0.2, 0) is 0 Å². The van der Waals surface area contributed by atoms with E-state index in [0.29, 0.717) is 5.92 Å². The molecule has 0 aromatic rings. The number of thioether (sulfide) groups is 1. The van der Waals surface area contributed by atoms with E-state index in [2.05, 4.69) is 44.2 Å². The Morgan fingerprint density at radius 1 is 1.38 bits per heavy atom. The molecule has 0 bridgehead atoms. The molecule has 88 valence electrons. The van der Waals surface area contributed by atoms with E-state index in [4.69, 9.17) is 0 Å². The van der Waals surface area contributed by atoms with Crippen LogP contribution in [0.15, 0.2) is 46.4 Å². The highest BCUT2D eigenvalue weighted by molar-refractivity contribution is 8.03. The molecule has 0 radical (unpaired) electrons. The summed E-state index contributed by atoms with van der Waals surface area (Å²) < 4.78 is 0. The molecule has 0 spiro atoms. The lowest BCUT2D eigenvalue weighted by Gasteiger charge is -2.17. The lowest BCUT2D eigenvalue weighted by Crippen LogP contribution is -1.98. The monoisotopic (exact) mass is 234 g/mol. The van der Waals surface area contributed by atoms with Gasteiger partial charge in [-0.1, -0.05) is 63.6 Å². The normalized spacial score (nSPS) is 23.0. The summed E-state index contributed by atoms with van der Waals surface area (Å²) in [7, 11) is 0. The quantitative estimate of drug-likeness (QED) is 0.607. The van der Waals surface area contributed by atoms with Crippen molar-refractivity contribution in [3.05, 3.63) is 46.4 Å². The van der Waals surface area contributed by atoms with E-state index in [-0.39, 0.29) is 0 Å². The Labute approximate surface area is 104 Å². The Kier molecular flexibility index (Phi) is 5.68. The molecule has 2 rings (SSSR count). The molecular formula is C15H22S. The van der Waals surface area contributed by atoms with Crippen molar-refractivity contribution in [1.29, 1.82) is 0 Å². The minimum atomic E-state index is 0.572. The first kappa shape index (κ1) is 13.4. The Balaban J connectivity index is 0.000000606. The standard InChI is InChI=1S/C13H16S.C2H6/c1-3-11-8-12-6-4-5-10(2)7-13(12)14-9-11;1-2/h4-8,10H,3,9H2,1-2H3;1-2H3. The third-order valence-electron chi connectivity index (χ3n) is 2.62. The van der Waals surface area contributed by atoms with Crippen molar-refractivity contribution >= 4 is 11.8 Å². The Hall–Kier alpha value is -0.690. The summed E-state index contributed by atoms with van der Waals surface area (Å²) in [5.74, 6) is 1.75. The molecule has 16 heavy (non-hydrogen) atoms. The molecule has 1 aliphatic heterocycles. The molecule has 0 N–H and O–H groups in total. The highest BCUT2D eigenvalue weighted by Crippen LogP contribution is 2.35. The fourth-order valence-corrected chi connectivity index (χ4v) is 2.93. The summed E-state index contributed by atoms with van der Waals surface area (Å²) in [4.78, 5) is 1.46. The average molecular weight is 234 g/mol. The van der Waals surface area contributed by atoms with Crippen molar-refractivity contribution in [1.82, 2.24) is 0 Å². The minimum absolute atomic E-state index is 0.572. The summed E-state index contributed by atoms with van der Waals surface area (Å²) in [6.07, 6.45) is 12.6. The van der Waals surface area contributed by atoms with E-state index in [0.717, 1.165) is 0 Å². The van der Waals surface area contributed by atoms with Gasteiger partial charge in [0.05, 0.1) is 0 Å². The molecule has 1 heteroatoms. The highest BCUT2D eigenvalue weighted by Gasteiger charge is 2.13. The molecule has 0 saturated heterocycles. The van der Waals surface area contributed by atoms with Crippen molar-refractivity contribution in [3.63, 3.8) is 0 Å². The van der Waals surface area contributed by atoms with Crippen molar-refractivity contribution in [2.45, 2.75) is 34.1 Å². The minimum Gasteiger partial charge on any atom is -0.121 e. The van der Waals surface area contributed by atoms with Gasteiger partial charge in [0.15, 0.2) is 0 Å². The van der Waals surface area contributed by atoms with Gasteiger partial charge in [0.2, 0.25) is 0 Å². The number of hydrogen-bond donors (Lipinski definition) is 0. The molecule has 1 atom stereocenters. The summed E-state index contributed by atoms with van der Waals surface area (Å²) in [6.45, 7) is 8.47. The lowest BCUT2D eigenvalue weighted by atomic mass is 10.1. The summed E-state index contributed by atoms with van der Waals surface area (Å²) in [6, 6.07) is 0. The second-order valence-electron chi connectivity index (χ2n) is 3.84. The second-order valence-corrected chi connectivity index (χ2v) is 4.86. The molecular weight excluding hydrogens is 212 g/mol. The fraction of sp³-hybridized carbons (Fsp3) is 0.467. The van der Waals surface area contributed by atoms with Gasteiger partial charge in [-0.2, -0.15) is 0 Å². The van der Waals surface area contributed by atoms with Crippen LogP contribution in [0, 0.1) is 5.92 Å². The first-order valence-corrected chi connectivity index (χ1v) is 7.21. The van der Waals surface area contributed by atoms with Gasteiger partial charge in [-0.05, 0) is 17.9 Å². The predicted molar refractivity (Wildman–Crippen MR) is 76.7 cm³/mol.